The summed E-state index contributed by atoms with van der Waals surface area (Å²) < 4.78 is 49.8. The molecule has 0 saturated heterocycles. The van der Waals surface area contributed by atoms with Crippen LogP contribution in [0.2, 0.25) is 0 Å². The Bertz CT molecular complexity index is 1530. The molecule has 0 aliphatic heterocycles. The van der Waals surface area contributed by atoms with Crippen LogP contribution >= 0.6 is 0 Å². The summed E-state index contributed by atoms with van der Waals surface area (Å²) in [7, 11) is 0. The van der Waals surface area contributed by atoms with Gasteiger partial charge in [0.15, 0.2) is 17.1 Å². The quantitative estimate of drug-likeness (QED) is 0.117. The van der Waals surface area contributed by atoms with Crippen molar-refractivity contribution in [2.24, 2.45) is 0 Å². The third-order valence-corrected chi connectivity index (χ3v) is 6.68. The molecule has 0 aliphatic carbocycles. The van der Waals surface area contributed by atoms with E-state index in [0.717, 1.165) is 22.2 Å². The van der Waals surface area contributed by atoms with Crippen molar-refractivity contribution >= 4 is 11.4 Å². The van der Waals surface area contributed by atoms with E-state index in [1.165, 1.54) is 18.6 Å². The first-order chi connectivity index (χ1) is 19.2. The van der Waals surface area contributed by atoms with Crippen LogP contribution in [-0.4, -0.2) is 43.1 Å². The van der Waals surface area contributed by atoms with Gasteiger partial charge < -0.3 is 4.74 Å². The number of nitrogens with zero attached hydrogens (tertiary/aromatic N) is 5. The molecule has 0 spiro atoms. The molecule has 40 heavy (non-hydrogen) atoms. The number of ether oxygens (including phenoxy) is 1. The van der Waals surface area contributed by atoms with Gasteiger partial charge in [-0.2, -0.15) is 18.3 Å². The van der Waals surface area contributed by atoms with Crippen LogP contribution < -0.4 is 0 Å². The fourth-order valence-electron chi connectivity index (χ4n) is 4.59. The van der Waals surface area contributed by atoms with E-state index >= 15 is 0 Å². The number of benzene rings is 1. The molecule has 0 amide bonds. The van der Waals surface area contributed by atoms with Gasteiger partial charge in [-0.1, -0.05) is 38.0 Å². The lowest BCUT2D eigenvalue weighted by Crippen LogP contribution is -2.10. The van der Waals surface area contributed by atoms with Crippen molar-refractivity contribution in [2.45, 2.75) is 65.1 Å². The predicted molar refractivity (Wildman–Crippen MR) is 146 cm³/mol. The zero-order valence-corrected chi connectivity index (χ0v) is 22.8. The Balaban J connectivity index is 1.62. The van der Waals surface area contributed by atoms with E-state index in [1.54, 1.807) is 17.5 Å². The van der Waals surface area contributed by atoms with Crippen LogP contribution in [0.1, 0.15) is 78.9 Å². The highest BCUT2D eigenvalue weighted by atomic mass is 19.4. The van der Waals surface area contributed by atoms with Gasteiger partial charge in [0.1, 0.15) is 6.04 Å². The van der Waals surface area contributed by atoms with Gasteiger partial charge in [-0.05, 0) is 37.3 Å². The Morgan fingerprint density at radius 3 is 2.70 bits per heavy atom. The largest absolute Gasteiger partial charge is 0.435 e. The lowest BCUT2D eigenvalue weighted by Gasteiger charge is -2.11. The number of carbonyl (C=O) groups excluding carboxylic acids is 1. The molecule has 10 heteroatoms. The van der Waals surface area contributed by atoms with Crippen LogP contribution in [0.3, 0.4) is 0 Å². The fourth-order valence-corrected chi connectivity index (χ4v) is 4.59. The Hall–Kier alpha value is -3.97. The number of alkyl halides is 3. The van der Waals surface area contributed by atoms with E-state index in [2.05, 4.69) is 21.0 Å². The number of fused-ring (bicyclic) bond motifs is 1. The molecule has 4 rings (SSSR count). The number of hydrogen-bond donors (Lipinski definition) is 0. The summed E-state index contributed by atoms with van der Waals surface area (Å²) in [6, 6.07) is 5.07. The van der Waals surface area contributed by atoms with Crippen molar-refractivity contribution in [2.75, 3.05) is 13.2 Å². The van der Waals surface area contributed by atoms with Gasteiger partial charge in [-0.3, -0.25) is 18.9 Å². The summed E-state index contributed by atoms with van der Waals surface area (Å²) in [6.45, 7) is 6.90. The first kappa shape index (κ1) is 29.0. The molecule has 0 aliphatic rings. The average Bonchev–Trinajstić information content (AvgIpc) is 3.58. The molecule has 1 atom stereocenters. The maximum Gasteiger partial charge on any atom is 0.435 e. The molecule has 0 bridgehead atoms. The number of terminal acetylenes is 1. The average molecular weight is 552 g/mol. The monoisotopic (exact) mass is 551 g/mol. The van der Waals surface area contributed by atoms with Crippen LogP contribution in [-0.2, 0) is 23.8 Å². The van der Waals surface area contributed by atoms with E-state index in [4.69, 9.17) is 11.2 Å². The number of halogens is 3. The highest BCUT2D eigenvalue weighted by Gasteiger charge is 2.38. The second-order valence-corrected chi connectivity index (χ2v) is 9.58. The summed E-state index contributed by atoms with van der Waals surface area (Å²) in [5.74, 6) is 2.49. The molecule has 0 radical (unpaired) electrons. The number of hydrogen-bond acceptors (Lipinski definition) is 5. The minimum Gasteiger partial charge on any atom is -0.381 e. The number of Topliss-reactive ketones (excluding diaryl/α,β-unsaturated/α-hetero) is 1. The number of aromatic nitrogens is 5. The summed E-state index contributed by atoms with van der Waals surface area (Å²) in [6.07, 6.45) is 9.67. The number of ketones is 1. The Labute approximate surface area is 231 Å². The molecule has 0 saturated carbocycles. The standard InChI is InChI=1S/C30H32F3N5O2/c1-5-14-40-15-8-9-27(39)23-11-10-21(16-22(23)7-3)17-25-29-35-18-26(37(29)13-12-34-25)24-19-38(20(4)6-2)36-28(24)30(31,32)33/h2,10-13,16,18-20H,5,7-9,14-15,17H2,1,3-4H3. The molecule has 4 aromatic rings. The van der Waals surface area contributed by atoms with E-state index in [9.17, 15) is 18.0 Å². The smallest absolute Gasteiger partial charge is 0.381 e. The third kappa shape index (κ3) is 6.26. The van der Waals surface area contributed by atoms with Gasteiger partial charge >= 0.3 is 6.18 Å². The SMILES string of the molecule is C#CC(C)n1cc(-c2cnc3c(Cc4ccc(C(=O)CCCOCCC)c(CC)c4)nccn23)c(C(F)(F)F)n1. The highest BCUT2D eigenvalue weighted by Crippen LogP contribution is 2.37. The summed E-state index contributed by atoms with van der Waals surface area (Å²) in [5.41, 5.74) is 2.70. The molecule has 1 unspecified atom stereocenters. The van der Waals surface area contributed by atoms with Crippen molar-refractivity contribution < 1.29 is 22.7 Å². The molecule has 7 nitrogen and oxygen atoms in total. The van der Waals surface area contributed by atoms with Crippen molar-refractivity contribution in [3.63, 3.8) is 0 Å². The van der Waals surface area contributed by atoms with E-state index in [1.807, 2.05) is 32.0 Å². The first-order valence-corrected chi connectivity index (χ1v) is 13.3. The lowest BCUT2D eigenvalue weighted by atomic mass is 9.95. The molecule has 0 fully saturated rings. The highest BCUT2D eigenvalue weighted by molar-refractivity contribution is 5.97. The van der Waals surface area contributed by atoms with Crippen LogP contribution in [0.5, 0.6) is 0 Å². The lowest BCUT2D eigenvalue weighted by molar-refractivity contribution is -0.141. The first-order valence-electron chi connectivity index (χ1n) is 13.3. The van der Waals surface area contributed by atoms with E-state index in [0.29, 0.717) is 55.8 Å². The zero-order chi connectivity index (χ0) is 28.9. The van der Waals surface area contributed by atoms with Gasteiger partial charge in [0.25, 0.3) is 0 Å². The molecule has 0 N–H and O–H groups in total. The Morgan fingerprint density at radius 2 is 2.00 bits per heavy atom. The second kappa shape index (κ2) is 12.5. The zero-order valence-electron chi connectivity index (χ0n) is 22.8. The summed E-state index contributed by atoms with van der Waals surface area (Å²) in [5, 5.41) is 3.74. The third-order valence-electron chi connectivity index (χ3n) is 6.68. The van der Waals surface area contributed by atoms with Gasteiger partial charge in [0.05, 0.1) is 23.1 Å². The predicted octanol–water partition coefficient (Wildman–Crippen LogP) is 6.35. The fraction of sp³-hybridized carbons (Fsp3) is 0.400. The minimum absolute atomic E-state index is 0.0850. The Kier molecular flexibility index (Phi) is 9.05. The maximum absolute atomic E-state index is 13.9. The van der Waals surface area contributed by atoms with Gasteiger partial charge in [0.2, 0.25) is 0 Å². The van der Waals surface area contributed by atoms with E-state index in [-0.39, 0.29) is 17.0 Å². The van der Waals surface area contributed by atoms with Crippen molar-refractivity contribution in [1.82, 2.24) is 24.1 Å². The molecule has 3 aromatic heterocycles. The van der Waals surface area contributed by atoms with Crippen LogP contribution in [0.25, 0.3) is 16.9 Å². The van der Waals surface area contributed by atoms with Gasteiger partial charge in [-0.25, -0.2) is 4.98 Å². The number of aryl methyl sites for hydroxylation is 1. The number of carbonyl (C=O) groups is 1. The Morgan fingerprint density at radius 1 is 1.20 bits per heavy atom. The minimum atomic E-state index is -4.67. The van der Waals surface area contributed by atoms with Crippen molar-refractivity contribution in [3.8, 4) is 23.6 Å². The summed E-state index contributed by atoms with van der Waals surface area (Å²) in [4.78, 5) is 21.7. The molecular weight excluding hydrogens is 519 g/mol. The van der Waals surface area contributed by atoms with Crippen molar-refractivity contribution in [3.05, 3.63) is 71.1 Å². The van der Waals surface area contributed by atoms with Crippen molar-refractivity contribution in [1.29, 1.82) is 0 Å². The topological polar surface area (TPSA) is 74.3 Å². The summed E-state index contributed by atoms with van der Waals surface area (Å²) >= 11 is 0. The molecular formula is C30H32F3N5O2. The molecule has 1 aromatic carbocycles. The number of imidazole rings is 1. The molecule has 3 heterocycles. The second-order valence-electron chi connectivity index (χ2n) is 9.58. The van der Waals surface area contributed by atoms with Crippen LogP contribution in [0, 0.1) is 12.3 Å². The number of rotatable bonds is 12. The molecule has 210 valence electrons. The van der Waals surface area contributed by atoms with Gasteiger partial charge in [-0.15, -0.1) is 6.42 Å². The van der Waals surface area contributed by atoms with Gasteiger partial charge in [0, 0.05) is 50.2 Å². The van der Waals surface area contributed by atoms with Crippen LogP contribution in [0.4, 0.5) is 13.2 Å². The normalized spacial score (nSPS) is 12.5. The maximum atomic E-state index is 13.9. The van der Waals surface area contributed by atoms with Crippen LogP contribution in [0.15, 0.2) is 43.0 Å². The van der Waals surface area contributed by atoms with E-state index < -0.39 is 17.9 Å².